The van der Waals surface area contributed by atoms with Gasteiger partial charge in [-0.05, 0) is 0 Å². The third-order valence-electron chi connectivity index (χ3n) is 3.25. The third kappa shape index (κ3) is 8.39. The Kier molecular flexibility index (Phi) is 11.1. The first-order chi connectivity index (χ1) is 13.0. The summed E-state index contributed by atoms with van der Waals surface area (Å²) in [4.78, 5) is 7.23. The highest BCUT2D eigenvalue weighted by atomic mass is 32.2. The van der Waals surface area contributed by atoms with Gasteiger partial charge in [0.1, 0.15) is 5.01 Å². The van der Waals surface area contributed by atoms with E-state index in [1.807, 2.05) is 17.8 Å². The number of hydrogen-bond donors (Lipinski definition) is 4. The van der Waals surface area contributed by atoms with Crippen LogP contribution in [-0.2, 0) is 11.5 Å². The molecule has 12 heteroatoms. The van der Waals surface area contributed by atoms with E-state index in [1.165, 1.54) is 9.80 Å². The Labute approximate surface area is 172 Å². The summed E-state index contributed by atoms with van der Waals surface area (Å²) in [6.07, 6.45) is 3.97. The van der Waals surface area contributed by atoms with Gasteiger partial charge in [-0.25, -0.2) is 14.8 Å². The molecule has 1 aromatic rings. The average Bonchev–Trinajstić information content (AvgIpc) is 3.14. The molecule has 0 saturated carbocycles. The highest BCUT2D eigenvalue weighted by Gasteiger charge is 2.09. The van der Waals surface area contributed by atoms with E-state index in [9.17, 15) is 0 Å². The number of nitrogens with zero attached hydrogens (tertiary/aromatic N) is 5. The van der Waals surface area contributed by atoms with Crippen molar-refractivity contribution in [3.8, 4) is 12.4 Å². The van der Waals surface area contributed by atoms with Crippen molar-refractivity contribution in [1.82, 2.24) is 25.4 Å². The summed E-state index contributed by atoms with van der Waals surface area (Å²) in [5.74, 6) is 3.23. The summed E-state index contributed by atoms with van der Waals surface area (Å²) < 4.78 is 0. The van der Waals surface area contributed by atoms with Crippen molar-refractivity contribution in [1.29, 1.82) is 21.3 Å². The minimum atomic E-state index is 0.103. The zero-order valence-electron chi connectivity index (χ0n) is 15.3. The number of hydrogen-bond acceptors (Lipinski definition) is 8. The summed E-state index contributed by atoms with van der Waals surface area (Å²) in [5.41, 5.74) is 1.02. The minimum absolute atomic E-state index is 0.103. The van der Waals surface area contributed by atoms with E-state index < -0.39 is 0 Å². The number of guanidine groups is 2. The summed E-state index contributed by atoms with van der Waals surface area (Å²) in [6.45, 7) is 0.983. The molecule has 0 aromatic carbocycles. The molecule has 0 spiro atoms. The Hall–Kier alpha value is -2.15. The fourth-order valence-corrected chi connectivity index (χ4v) is 4.54. The molecule has 146 valence electrons. The number of nitrogens with one attached hydrogen (secondary N) is 4. The summed E-state index contributed by atoms with van der Waals surface area (Å²) in [5, 5.41) is 41.5. The molecular weight excluding hydrogens is 402 g/mol. The van der Waals surface area contributed by atoms with Crippen LogP contribution in [0.5, 0.6) is 0 Å². The molecule has 27 heavy (non-hydrogen) atoms. The maximum Gasteiger partial charge on any atom is 0.204 e. The lowest BCUT2D eigenvalue weighted by Gasteiger charge is -2.14. The quantitative estimate of drug-likeness (QED) is 0.144. The normalized spacial score (nSPS) is 9.78. The number of rotatable bonds is 10. The number of aromatic nitrogens is 1. The molecule has 0 amide bonds. The predicted octanol–water partition coefficient (Wildman–Crippen LogP) is 1.48. The van der Waals surface area contributed by atoms with E-state index in [0.29, 0.717) is 13.1 Å². The summed E-state index contributed by atoms with van der Waals surface area (Å²) >= 11 is 4.98. The van der Waals surface area contributed by atoms with Crippen molar-refractivity contribution in [2.45, 2.75) is 11.5 Å². The first-order valence-corrected chi connectivity index (χ1v) is 11.2. The Morgan fingerprint density at radius 3 is 2.07 bits per heavy atom. The predicted molar refractivity (Wildman–Crippen MR) is 113 cm³/mol. The second kappa shape index (κ2) is 13.1. The first kappa shape index (κ1) is 22.9. The Morgan fingerprint density at radius 2 is 1.59 bits per heavy atom. The Morgan fingerprint density at radius 1 is 1.07 bits per heavy atom. The topological polar surface area (TPSA) is 139 Å². The molecule has 0 radical (unpaired) electrons. The van der Waals surface area contributed by atoms with Crippen molar-refractivity contribution in [3.05, 3.63) is 16.1 Å². The summed E-state index contributed by atoms with van der Waals surface area (Å²) in [7, 11) is 3.24. The van der Waals surface area contributed by atoms with E-state index in [1.54, 1.807) is 49.0 Å². The van der Waals surface area contributed by atoms with Gasteiger partial charge in [-0.2, -0.15) is 34.0 Å². The maximum atomic E-state index is 8.98. The van der Waals surface area contributed by atoms with E-state index in [2.05, 4.69) is 15.6 Å². The fraction of sp³-hybridized carbons (Fsp3) is 0.533. The van der Waals surface area contributed by atoms with Crippen molar-refractivity contribution in [3.63, 3.8) is 0 Å². The van der Waals surface area contributed by atoms with Crippen LogP contribution in [0.3, 0.4) is 0 Å². The van der Waals surface area contributed by atoms with Crippen LogP contribution >= 0.6 is 34.9 Å². The summed E-state index contributed by atoms with van der Waals surface area (Å²) in [6, 6.07) is 0. The molecule has 0 aliphatic carbocycles. The van der Waals surface area contributed by atoms with E-state index in [4.69, 9.17) is 21.3 Å². The monoisotopic (exact) mass is 425 g/mol. The zero-order chi connectivity index (χ0) is 20.1. The molecule has 1 heterocycles. The highest BCUT2D eigenvalue weighted by molar-refractivity contribution is 7.98. The molecule has 1 aromatic heterocycles. The van der Waals surface area contributed by atoms with Crippen LogP contribution in [0.1, 0.15) is 10.7 Å². The lowest BCUT2D eigenvalue weighted by molar-refractivity contribution is 0.587. The van der Waals surface area contributed by atoms with Gasteiger partial charge in [-0.3, -0.25) is 10.8 Å². The molecule has 0 atom stereocenters. The number of thioether (sulfide) groups is 2. The van der Waals surface area contributed by atoms with E-state index in [0.717, 1.165) is 33.7 Å². The van der Waals surface area contributed by atoms with E-state index in [-0.39, 0.29) is 11.9 Å². The molecule has 9 nitrogen and oxygen atoms in total. The first-order valence-electron chi connectivity index (χ1n) is 8.01. The van der Waals surface area contributed by atoms with Gasteiger partial charge >= 0.3 is 0 Å². The standard InChI is InChI=1S/C15H23N9S3/c1-20-14(18)23(10-16)3-5-25-7-12-8-27-13(22-12)9-26-6-4-24(11-17)15(19)21-2/h8H,3-7,9H2,1-2H3,(H2,18,20)(H2,19,21). The van der Waals surface area contributed by atoms with Gasteiger partial charge in [0.05, 0.1) is 5.69 Å². The molecule has 4 N–H and O–H groups in total. The molecule has 1 rings (SSSR count). The maximum absolute atomic E-state index is 8.98. The van der Waals surface area contributed by atoms with Crippen molar-refractivity contribution in [2.24, 2.45) is 0 Å². The molecular formula is C15H23N9S3. The molecule has 0 unspecified atom stereocenters. The molecule has 0 bridgehead atoms. The average molecular weight is 426 g/mol. The van der Waals surface area contributed by atoms with Gasteiger partial charge in [0, 0.05) is 55.6 Å². The lowest BCUT2D eigenvalue weighted by Crippen LogP contribution is -2.36. The Bertz CT molecular complexity index is 635. The van der Waals surface area contributed by atoms with Crippen LogP contribution in [0.25, 0.3) is 0 Å². The molecule has 0 aliphatic heterocycles. The van der Waals surface area contributed by atoms with Crippen LogP contribution in [0.4, 0.5) is 0 Å². The largest absolute Gasteiger partial charge is 0.359 e. The van der Waals surface area contributed by atoms with Gasteiger partial charge in [-0.15, -0.1) is 11.3 Å². The second-order valence-electron chi connectivity index (χ2n) is 5.04. The number of thiazole rings is 1. The lowest BCUT2D eigenvalue weighted by atomic mass is 10.6. The van der Waals surface area contributed by atoms with Gasteiger partial charge in [0.15, 0.2) is 12.4 Å². The smallest absolute Gasteiger partial charge is 0.204 e. The van der Waals surface area contributed by atoms with Crippen LogP contribution in [0.2, 0.25) is 0 Å². The van der Waals surface area contributed by atoms with Gasteiger partial charge in [0.2, 0.25) is 11.9 Å². The molecule has 0 fully saturated rings. The molecule has 0 saturated heterocycles. The van der Waals surface area contributed by atoms with Gasteiger partial charge in [-0.1, -0.05) is 0 Å². The second-order valence-corrected chi connectivity index (χ2v) is 8.19. The minimum Gasteiger partial charge on any atom is -0.359 e. The van der Waals surface area contributed by atoms with Crippen molar-refractivity contribution in [2.75, 3.05) is 38.7 Å². The third-order valence-corrected chi connectivity index (χ3v) is 6.25. The van der Waals surface area contributed by atoms with Crippen molar-refractivity contribution >= 4 is 46.8 Å². The Balaban J connectivity index is 2.26. The van der Waals surface area contributed by atoms with Crippen LogP contribution in [0.15, 0.2) is 5.38 Å². The van der Waals surface area contributed by atoms with Crippen LogP contribution in [-0.4, -0.2) is 65.4 Å². The fourth-order valence-electron chi connectivity index (χ4n) is 1.82. The van der Waals surface area contributed by atoms with E-state index >= 15 is 0 Å². The van der Waals surface area contributed by atoms with Crippen LogP contribution < -0.4 is 10.6 Å². The van der Waals surface area contributed by atoms with Crippen molar-refractivity contribution < 1.29 is 0 Å². The number of nitriles is 2. The highest BCUT2D eigenvalue weighted by Crippen LogP contribution is 2.20. The van der Waals surface area contributed by atoms with Gasteiger partial charge in [0.25, 0.3) is 0 Å². The van der Waals surface area contributed by atoms with Crippen LogP contribution in [0, 0.1) is 33.7 Å². The SMILES string of the molecule is CNC(=N)N(C#N)CCSCc1csc(CSCCN(C#N)C(=N)NC)n1. The zero-order valence-corrected chi connectivity index (χ0v) is 17.7. The van der Waals surface area contributed by atoms with Gasteiger partial charge < -0.3 is 10.6 Å². The molecule has 0 aliphatic rings.